The predicted octanol–water partition coefficient (Wildman–Crippen LogP) is -0.790. The lowest BCUT2D eigenvalue weighted by Gasteiger charge is -2.25. The van der Waals surface area contributed by atoms with E-state index in [4.69, 9.17) is 10.8 Å². The summed E-state index contributed by atoms with van der Waals surface area (Å²) in [4.78, 5) is 22.3. The fraction of sp³-hybridized carbons (Fsp3) is 0.800. The molecule has 0 bridgehead atoms. The normalized spacial score (nSPS) is 22.4. The minimum atomic E-state index is -1.95. The standard InChI is InChI=1S/C10H18N2O4/c1-9(16,8(14)15)6-12-7(13)10(11)4-2-3-5-10/h16H,2-6,11H2,1H3,(H,12,13)(H,14,15). The van der Waals surface area contributed by atoms with Crippen LogP contribution in [0.15, 0.2) is 0 Å². The van der Waals surface area contributed by atoms with Crippen LogP contribution in [0.5, 0.6) is 0 Å². The highest BCUT2D eigenvalue weighted by atomic mass is 16.4. The number of nitrogens with one attached hydrogen (secondary N) is 1. The molecule has 0 aromatic carbocycles. The van der Waals surface area contributed by atoms with Crippen molar-refractivity contribution in [2.75, 3.05) is 6.54 Å². The summed E-state index contributed by atoms with van der Waals surface area (Å²) in [6, 6.07) is 0. The molecule has 1 unspecified atom stereocenters. The highest BCUT2D eigenvalue weighted by molar-refractivity contribution is 5.87. The zero-order chi connectivity index (χ0) is 12.4. The van der Waals surface area contributed by atoms with Crippen LogP contribution in [-0.2, 0) is 9.59 Å². The van der Waals surface area contributed by atoms with Crippen molar-refractivity contribution in [3.63, 3.8) is 0 Å². The van der Waals surface area contributed by atoms with Gasteiger partial charge in [0.25, 0.3) is 0 Å². The molecule has 0 radical (unpaired) electrons. The number of carbonyl (C=O) groups excluding carboxylic acids is 1. The molecule has 1 rings (SSSR count). The Balaban J connectivity index is 2.50. The Morgan fingerprint density at radius 1 is 1.44 bits per heavy atom. The Hall–Kier alpha value is -1.14. The van der Waals surface area contributed by atoms with Crippen LogP contribution in [-0.4, -0.2) is 39.8 Å². The second kappa shape index (κ2) is 4.39. The van der Waals surface area contributed by atoms with E-state index in [1.54, 1.807) is 0 Å². The summed E-state index contributed by atoms with van der Waals surface area (Å²) in [6.07, 6.45) is 3.01. The molecule has 1 atom stereocenters. The number of aliphatic hydroxyl groups is 1. The number of carbonyl (C=O) groups is 2. The van der Waals surface area contributed by atoms with Crippen LogP contribution in [0.4, 0.5) is 0 Å². The first-order valence-corrected chi connectivity index (χ1v) is 5.31. The Bertz CT molecular complexity index is 295. The van der Waals surface area contributed by atoms with Gasteiger partial charge in [-0.15, -0.1) is 0 Å². The summed E-state index contributed by atoms with van der Waals surface area (Å²) in [5.41, 5.74) is 3.02. The second-order valence-corrected chi connectivity index (χ2v) is 4.62. The summed E-state index contributed by atoms with van der Waals surface area (Å²) in [5, 5.41) is 20.5. The molecule has 1 aliphatic carbocycles. The Labute approximate surface area is 93.8 Å². The van der Waals surface area contributed by atoms with Crippen molar-refractivity contribution in [3.8, 4) is 0 Å². The lowest BCUT2D eigenvalue weighted by atomic mass is 9.97. The third-order valence-corrected chi connectivity index (χ3v) is 3.00. The first kappa shape index (κ1) is 12.9. The predicted molar refractivity (Wildman–Crippen MR) is 56.7 cm³/mol. The average molecular weight is 230 g/mol. The van der Waals surface area contributed by atoms with Gasteiger partial charge in [-0.05, 0) is 19.8 Å². The minimum absolute atomic E-state index is 0.333. The number of carboxylic acid groups (broad SMARTS) is 1. The molecule has 6 nitrogen and oxygen atoms in total. The van der Waals surface area contributed by atoms with Gasteiger partial charge in [-0.3, -0.25) is 4.79 Å². The lowest BCUT2D eigenvalue weighted by molar-refractivity contribution is -0.156. The van der Waals surface area contributed by atoms with Gasteiger partial charge in [-0.2, -0.15) is 0 Å². The number of nitrogens with two attached hydrogens (primary N) is 1. The van der Waals surface area contributed by atoms with E-state index in [-0.39, 0.29) is 12.5 Å². The summed E-state index contributed by atoms with van der Waals surface area (Å²) in [5.74, 6) is -1.75. The molecular formula is C10H18N2O4. The molecule has 1 saturated carbocycles. The van der Waals surface area contributed by atoms with Crippen molar-refractivity contribution in [2.24, 2.45) is 5.73 Å². The van der Waals surface area contributed by atoms with Crippen molar-refractivity contribution >= 4 is 11.9 Å². The summed E-state index contributed by atoms with van der Waals surface area (Å²) >= 11 is 0. The van der Waals surface area contributed by atoms with Crippen LogP contribution in [0.3, 0.4) is 0 Å². The van der Waals surface area contributed by atoms with Crippen molar-refractivity contribution in [1.82, 2.24) is 5.32 Å². The molecule has 1 fully saturated rings. The molecule has 6 heteroatoms. The largest absolute Gasteiger partial charge is 0.479 e. The molecule has 5 N–H and O–H groups in total. The zero-order valence-electron chi connectivity index (χ0n) is 9.32. The Morgan fingerprint density at radius 2 is 1.94 bits per heavy atom. The molecule has 1 amide bonds. The van der Waals surface area contributed by atoms with Gasteiger partial charge in [0.15, 0.2) is 5.60 Å². The third-order valence-electron chi connectivity index (χ3n) is 3.00. The smallest absolute Gasteiger partial charge is 0.337 e. The fourth-order valence-corrected chi connectivity index (χ4v) is 1.74. The molecule has 92 valence electrons. The average Bonchev–Trinajstić information content (AvgIpc) is 2.62. The van der Waals surface area contributed by atoms with E-state index in [0.29, 0.717) is 12.8 Å². The fourth-order valence-electron chi connectivity index (χ4n) is 1.74. The molecule has 16 heavy (non-hydrogen) atoms. The number of hydrogen-bond acceptors (Lipinski definition) is 4. The molecular weight excluding hydrogens is 212 g/mol. The van der Waals surface area contributed by atoms with Gasteiger partial charge in [0.05, 0.1) is 12.1 Å². The summed E-state index contributed by atoms with van der Waals surface area (Å²) < 4.78 is 0. The van der Waals surface area contributed by atoms with Gasteiger partial charge < -0.3 is 21.3 Å². The SMILES string of the molecule is CC(O)(CNC(=O)C1(N)CCCC1)C(=O)O. The van der Waals surface area contributed by atoms with E-state index in [2.05, 4.69) is 5.32 Å². The number of rotatable bonds is 4. The van der Waals surface area contributed by atoms with E-state index >= 15 is 0 Å². The second-order valence-electron chi connectivity index (χ2n) is 4.62. The first-order chi connectivity index (χ1) is 7.28. The molecule has 0 spiro atoms. The molecule has 0 heterocycles. The summed E-state index contributed by atoms with van der Waals surface area (Å²) in [7, 11) is 0. The van der Waals surface area contributed by atoms with Gasteiger partial charge in [0.2, 0.25) is 5.91 Å². The van der Waals surface area contributed by atoms with Crippen LogP contribution in [0.2, 0.25) is 0 Å². The minimum Gasteiger partial charge on any atom is -0.479 e. The van der Waals surface area contributed by atoms with E-state index in [1.807, 2.05) is 0 Å². The maximum atomic E-state index is 11.7. The van der Waals surface area contributed by atoms with Gasteiger partial charge in [-0.25, -0.2) is 4.79 Å². The molecule has 0 aliphatic heterocycles. The number of hydrogen-bond donors (Lipinski definition) is 4. The molecule has 0 aromatic heterocycles. The first-order valence-electron chi connectivity index (χ1n) is 5.31. The molecule has 0 aromatic rings. The quantitative estimate of drug-likeness (QED) is 0.505. The van der Waals surface area contributed by atoms with E-state index in [0.717, 1.165) is 19.8 Å². The number of carboxylic acids is 1. The van der Waals surface area contributed by atoms with Gasteiger partial charge in [0.1, 0.15) is 0 Å². The van der Waals surface area contributed by atoms with Gasteiger partial charge in [-0.1, -0.05) is 12.8 Å². The Morgan fingerprint density at radius 3 is 2.38 bits per heavy atom. The van der Waals surface area contributed by atoms with Crippen molar-refractivity contribution in [3.05, 3.63) is 0 Å². The third kappa shape index (κ3) is 2.70. The van der Waals surface area contributed by atoms with Crippen LogP contribution < -0.4 is 11.1 Å². The van der Waals surface area contributed by atoms with Crippen LogP contribution in [0.25, 0.3) is 0 Å². The zero-order valence-corrected chi connectivity index (χ0v) is 9.32. The topological polar surface area (TPSA) is 113 Å². The van der Waals surface area contributed by atoms with E-state index in [9.17, 15) is 14.7 Å². The number of aliphatic carboxylic acids is 1. The molecule has 0 saturated heterocycles. The van der Waals surface area contributed by atoms with Crippen LogP contribution >= 0.6 is 0 Å². The highest BCUT2D eigenvalue weighted by Crippen LogP contribution is 2.27. The lowest BCUT2D eigenvalue weighted by Crippen LogP contribution is -2.56. The molecule has 1 aliphatic rings. The van der Waals surface area contributed by atoms with Crippen molar-refractivity contribution in [1.29, 1.82) is 0 Å². The van der Waals surface area contributed by atoms with Gasteiger partial charge in [0, 0.05) is 0 Å². The van der Waals surface area contributed by atoms with Gasteiger partial charge >= 0.3 is 5.97 Å². The van der Waals surface area contributed by atoms with Crippen LogP contribution in [0, 0.1) is 0 Å². The highest BCUT2D eigenvalue weighted by Gasteiger charge is 2.38. The maximum absolute atomic E-state index is 11.7. The van der Waals surface area contributed by atoms with E-state index < -0.39 is 17.1 Å². The monoisotopic (exact) mass is 230 g/mol. The summed E-state index contributed by atoms with van der Waals surface area (Å²) in [6.45, 7) is 0.799. The maximum Gasteiger partial charge on any atom is 0.337 e. The number of amides is 1. The van der Waals surface area contributed by atoms with Crippen LogP contribution in [0.1, 0.15) is 32.6 Å². The Kier molecular flexibility index (Phi) is 3.54. The van der Waals surface area contributed by atoms with E-state index in [1.165, 1.54) is 0 Å². The van der Waals surface area contributed by atoms with Crippen molar-refractivity contribution < 1.29 is 19.8 Å². The van der Waals surface area contributed by atoms with Crippen molar-refractivity contribution in [2.45, 2.75) is 43.7 Å².